The van der Waals surface area contributed by atoms with Gasteiger partial charge in [0.25, 0.3) is 0 Å². The van der Waals surface area contributed by atoms with Crippen LogP contribution in [0.25, 0.3) is 0 Å². The van der Waals surface area contributed by atoms with Crippen molar-refractivity contribution < 1.29 is 14.4 Å². The quantitative estimate of drug-likeness (QED) is 0.654. The first-order chi connectivity index (χ1) is 12.5. The van der Waals surface area contributed by atoms with Crippen LogP contribution in [0.15, 0.2) is 30.4 Å². The summed E-state index contributed by atoms with van der Waals surface area (Å²) in [6.07, 6.45) is 6.64. The molecule has 0 aromatic heterocycles. The van der Waals surface area contributed by atoms with Crippen LogP contribution in [0, 0.1) is 23.7 Å². The van der Waals surface area contributed by atoms with E-state index in [9.17, 15) is 14.4 Å². The second-order valence-electron chi connectivity index (χ2n) is 7.47. The Hall–Kier alpha value is -2.43. The van der Waals surface area contributed by atoms with Crippen LogP contribution in [-0.4, -0.2) is 29.2 Å². The van der Waals surface area contributed by atoms with Crippen LogP contribution in [0.2, 0.25) is 0 Å². The molecule has 1 aliphatic heterocycles. The van der Waals surface area contributed by atoms with E-state index >= 15 is 0 Å². The Morgan fingerprint density at radius 1 is 1.04 bits per heavy atom. The van der Waals surface area contributed by atoms with Crippen molar-refractivity contribution in [2.24, 2.45) is 23.7 Å². The third kappa shape index (κ3) is 2.49. The number of para-hydroxylation sites is 1. The van der Waals surface area contributed by atoms with Gasteiger partial charge in [0.2, 0.25) is 17.7 Å². The molecule has 5 heteroatoms. The van der Waals surface area contributed by atoms with Crippen LogP contribution < -0.4 is 5.32 Å². The summed E-state index contributed by atoms with van der Waals surface area (Å²) >= 11 is 0. The number of hydrogen-bond acceptors (Lipinski definition) is 3. The highest BCUT2D eigenvalue weighted by molar-refractivity contribution is 6.09. The van der Waals surface area contributed by atoms with Gasteiger partial charge in [0.05, 0.1) is 11.8 Å². The first-order valence-electron chi connectivity index (χ1n) is 9.49. The molecule has 1 aromatic carbocycles. The maximum atomic E-state index is 12.7. The minimum absolute atomic E-state index is 0.169. The molecule has 1 aromatic rings. The number of nitrogens with zero attached hydrogens (tertiary/aromatic N) is 1. The minimum Gasteiger partial charge on any atom is -0.324 e. The molecule has 0 unspecified atom stereocenters. The lowest BCUT2D eigenvalue weighted by atomic mass is 9.85. The molecule has 26 heavy (non-hydrogen) atoms. The van der Waals surface area contributed by atoms with E-state index in [4.69, 9.17) is 0 Å². The van der Waals surface area contributed by atoms with E-state index in [0.717, 1.165) is 36.1 Å². The third-order valence-electron chi connectivity index (χ3n) is 6.13. The highest BCUT2D eigenvalue weighted by Gasteiger charge is 2.59. The zero-order chi connectivity index (χ0) is 18.4. The zero-order valence-corrected chi connectivity index (χ0v) is 15.2. The van der Waals surface area contributed by atoms with E-state index in [0.29, 0.717) is 0 Å². The van der Waals surface area contributed by atoms with Crippen LogP contribution in [0.5, 0.6) is 0 Å². The van der Waals surface area contributed by atoms with Gasteiger partial charge < -0.3 is 5.32 Å². The SMILES string of the molecule is CCc1cccc(CC)c1NC(=O)CN1C(=O)[C@@H]2[C@H](C1=O)[C@H]1C=C[C@@H]2C1. The largest absolute Gasteiger partial charge is 0.324 e. The topological polar surface area (TPSA) is 66.5 Å². The molecule has 4 rings (SSSR count). The summed E-state index contributed by atoms with van der Waals surface area (Å²) in [5, 5.41) is 2.95. The average molecular weight is 352 g/mol. The zero-order valence-electron chi connectivity index (χ0n) is 15.2. The number of hydrogen-bond donors (Lipinski definition) is 1. The van der Waals surface area contributed by atoms with Crippen molar-refractivity contribution in [2.75, 3.05) is 11.9 Å². The number of anilines is 1. The Balaban J connectivity index is 1.50. The summed E-state index contributed by atoms with van der Waals surface area (Å²) in [7, 11) is 0. The molecule has 1 saturated carbocycles. The van der Waals surface area contributed by atoms with Gasteiger partial charge in [-0.3, -0.25) is 19.3 Å². The molecular formula is C21H24N2O3. The number of benzene rings is 1. The number of amides is 3. The first-order valence-corrected chi connectivity index (χ1v) is 9.49. The first kappa shape index (κ1) is 17.0. The summed E-state index contributed by atoms with van der Waals surface area (Å²) < 4.78 is 0. The van der Waals surface area contributed by atoms with Crippen molar-refractivity contribution >= 4 is 23.4 Å². The van der Waals surface area contributed by atoms with Crippen molar-refractivity contribution in [3.05, 3.63) is 41.5 Å². The van der Waals surface area contributed by atoms with Gasteiger partial charge in [0.15, 0.2) is 0 Å². The molecular weight excluding hydrogens is 328 g/mol. The summed E-state index contributed by atoms with van der Waals surface area (Å²) in [4.78, 5) is 39.2. The lowest BCUT2D eigenvalue weighted by Crippen LogP contribution is -2.39. The van der Waals surface area contributed by atoms with E-state index < -0.39 is 0 Å². The normalized spacial score (nSPS) is 28.8. The van der Waals surface area contributed by atoms with Crippen LogP contribution in [0.3, 0.4) is 0 Å². The van der Waals surface area contributed by atoms with E-state index in [-0.39, 0.29) is 47.9 Å². The Bertz CT molecular complexity index is 761. The van der Waals surface area contributed by atoms with Gasteiger partial charge in [0.1, 0.15) is 6.54 Å². The second kappa shape index (κ2) is 6.38. The molecule has 136 valence electrons. The molecule has 2 aliphatic carbocycles. The molecule has 0 radical (unpaired) electrons. The van der Waals surface area contributed by atoms with Crippen molar-refractivity contribution in [3.8, 4) is 0 Å². The Labute approximate surface area is 153 Å². The molecule has 2 bridgehead atoms. The number of nitrogens with one attached hydrogen (secondary N) is 1. The average Bonchev–Trinajstić information content (AvgIpc) is 3.32. The lowest BCUT2D eigenvalue weighted by Gasteiger charge is -2.19. The number of allylic oxidation sites excluding steroid dienone is 2. The maximum absolute atomic E-state index is 12.7. The van der Waals surface area contributed by atoms with Crippen molar-refractivity contribution in [3.63, 3.8) is 0 Å². The second-order valence-corrected chi connectivity index (χ2v) is 7.47. The summed E-state index contributed by atoms with van der Waals surface area (Å²) in [5.41, 5.74) is 2.95. The van der Waals surface area contributed by atoms with Crippen molar-refractivity contribution in [2.45, 2.75) is 33.1 Å². The molecule has 1 heterocycles. The fourth-order valence-corrected chi connectivity index (χ4v) is 4.85. The number of fused-ring (bicyclic) bond motifs is 5. The Morgan fingerprint density at radius 2 is 1.58 bits per heavy atom. The molecule has 3 aliphatic rings. The van der Waals surface area contributed by atoms with Crippen molar-refractivity contribution in [1.82, 2.24) is 4.90 Å². The third-order valence-corrected chi connectivity index (χ3v) is 6.13. The summed E-state index contributed by atoms with van der Waals surface area (Å²) in [5.74, 6) is -0.816. The Kier molecular flexibility index (Phi) is 4.17. The van der Waals surface area contributed by atoms with Crippen LogP contribution in [0.4, 0.5) is 5.69 Å². The number of imide groups is 1. The summed E-state index contributed by atoms with van der Waals surface area (Å²) in [6.45, 7) is 3.90. The van der Waals surface area contributed by atoms with Gasteiger partial charge in [-0.05, 0) is 42.2 Å². The molecule has 1 N–H and O–H groups in total. The number of carbonyl (C=O) groups is 3. The van der Waals surface area contributed by atoms with Gasteiger partial charge in [-0.1, -0.05) is 44.2 Å². The fourth-order valence-electron chi connectivity index (χ4n) is 4.85. The predicted octanol–water partition coefficient (Wildman–Crippen LogP) is 2.56. The highest BCUT2D eigenvalue weighted by Crippen LogP contribution is 2.52. The Morgan fingerprint density at radius 3 is 2.08 bits per heavy atom. The van der Waals surface area contributed by atoms with Crippen LogP contribution in [0.1, 0.15) is 31.4 Å². The standard InChI is InChI=1S/C21H24N2O3/c1-3-12-6-5-7-13(4-2)19(12)22-16(24)11-23-20(25)17-14-8-9-15(10-14)18(17)21(23)26/h5-9,14-15,17-18H,3-4,10-11H2,1-2H3,(H,22,24)/t14-,15+,17+,18-. The van der Waals surface area contributed by atoms with E-state index in [1.807, 2.05) is 32.0 Å². The van der Waals surface area contributed by atoms with Crippen molar-refractivity contribution in [1.29, 1.82) is 0 Å². The predicted molar refractivity (Wildman–Crippen MR) is 98.3 cm³/mol. The molecule has 3 amide bonds. The van der Waals surface area contributed by atoms with Crippen LogP contribution >= 0.6 is 0 Å². The van der Waals surface area contributed by atoms with Gasteiger partial charge >= 0.3 is 0 Å². The summed E-state index contributed by atoms with van der Waals surface area (Å²) in [6, 6.07) is 5.98. The number of rotatable bonds is 5. The van der Waals surface area contributed by atoms with E-state index in [1.54, 1.807) is 0 Å². The van der Waals surface area contributed by atoms with Gasteiger partial charge in [-0.25, -0.2) is 0 Å². The maximum Gasteiger partial charge on any atom is 0.244 e. The van der Waals surface area contributed by atoms with E-state index in [2.05, 4.69) is 17.5 Å². The smallest absolute Gasteiger partial charge is 0.244 e. The monoisotopic (exact) mass is 352 g/mol. The molecule has 5 nitrogen and oxygen atoms in total. The lowest BCUT2D eigenvalue weighted by molar-refractivity contribution is -0.143. The van der Waals surface area contributed by atoms with Crippen LogP contribution in [-0.2, 0) is 27.2 Å². The molecule has 1 saturated heterocycles. The molecule has 4 atom stereocenters. The number of likely N-dealkylation sites (tertiary alicyclic amines) is 1. The van der Waals surface area contributed by atoms with Gasteiger partial charge in [-0.2, -0.15) is 0 Å². The van der Waals surface area contributed by atoms with E-state index in [1.165, 1.54) is 4.90 Å². The van der Waals surface area contributed by atoms with Gasteiger partial charge in [-0.15, -0.1) is 0 Å². The highest BCUT2D eigenvalue weighted by atomic mass is 16.2. The number of aryl methyl sites for hydroxylation is 2. The number of carbonyl (C=O) groups excluding carboxylic acids is 3. The minimum atomic E-state index is -0.303. The van der Waals surface area contributed by atoms with Gasteiger partial charge in [0, 0.05) is 5.69 Å². The molecule has 2 fully saturated rings. The fraction of sp³-hybridized carbons (Fsp3) is 0.476. The molecule has 0 spiro atoms.